The standard InChI is InChI=1S/C73H116O6/c1-4-7-10-13-16-19-22-24-26-28-30-32-34-35-36-37-39-40-42-44-46-48-51-54-57-60-63-66-72(75)78-69-70(68-77-71(74)65-62-59-56-53-50-21-18-15-12-9-6-3)79-73(76)67-64-61-58-55-52-49-47-45-43-41-38-33-31-29-27-25-23-20-17-14-11-8-5-2/h7-8,10-11,16-17,19-20,24-27,30-33,35-36,39-41,43-44,46,51,54,70H,4-6,9,12-15,18,21-23,28-29,34,37-38,42,45,47-50,52-53,55-69H2,1-3H3/b10-7-,11-8-,19-16-,20-17-,26-24-,27-25-,32-30-,33-31-,36-35-,40-39-,43-41-,46-44-,54-51-. The molecule has 0 heterocycles. The second kappa shape index (κ2) is 65.5. The van der Waals surface area contributed by atoms with Gasteiger partial charge in [0, 0.05) is 19.3 Å². The monoisotopic (exact) mass is 1090 g/mol. The Hall–Kier alpha value is -4.97. The molecule has 0 bridgehead atoms. The van der Waals surface area contributed by atoms with Crippen LogP contribution in [0.2, 0.25) is 0 Å². The molecule has 1 atom stereocenters. The molecular weight excluding hydrogens is 973 g/mol. The van der Waals surface area contributed by atoms with E-state index in [1.165, 1.54) is 70.6 Å². The van der Waals surface area contributed by atoms with Gasteiger partial charge in [0.25, 0.3) is 0 Å². The van der Waals surface area contributed by atoms with Gasteiger partial charge in [-0.1, -0.05) is 275 Å². The molecule has 0 radical (unpaired) electrons. The molecule has 444 valence electrons. The molecule has 0 N–H and O–H groups in total. The van der Waals surface area contributed by atoms with Gasteiger partial charge in [-0.2, -0.15) is 0 Å². The van der Waals surface area contributed by atoms with Gasteiger partial charge in [-0.3, -0.25) is 14.4 Å². The highest BCUT2D eigenvalue weighted by atomic mass is 16.6. The van der Waals surface area contributed by atoms with Crippen molar-refractivity contribution in [1.29, 1.82) is 0 Å². The zero-order valence-electron chi connectivity index (χ0n) is 50.8. The van der Waals surface area contributed by atoms with Crippen molar-refractivity contribution in [3.8, 4) is 0 Å². The Balaban J connectivity index is 4.44. The number of ether oxygens (including phenoxy) is 3. The maximum absolute atomic E-state index is 12.9. The third-order valence-corrected chi connectivity index (χ3v) is 13.0. The van der Waals surface area contributed by atoms with E-state index in [1.54, 1.807) is 0 Å². The summed E-state index contributed by atoms with van der Waals surface area (Å²) in [7, 11) is 0. The van der Waals surface area contributed by atoms with Crippen molar-refractivity contribution in [2.75, 3.05) is 13.2 Å². The van der Waals surface area contributed by atoms with Crippen LogP contribution in [0, 0.1) is 0 Å². The molecule has 0 spiro atoms. The number of carbonyl (C=O) groups is 3. The molecule has 0 saturated heterocycles. The zero-order valence-corrected chi connectivity index (χ0v) is 50.8. The highest BCUT2D eigenvalue weighted by Gasteiger charge is 2.19. The molecule has 1 unspecified atom stereocenters. The van der Waals surface area contributed by atoms with Crippen LogP contribution in [0.1, 0.15) is 265 Å². The summed E-state index contributed by atoms with van der Waals surface area (Å²) >= 11 is 0. The Kier molecular flexibility index (Phi) is 61.4. The molecule has 0 amide bonds. The molecule has 79 heavy (non-hydrogen) atoms. The van der Waals surface area contributed by atoms with E-state index < -0.39 is 6.10 Å². The number of rotatable bonds is 56. The maximum Gasteiger partial charge on any atom is 0.306 e. The average molecular weight is 1090 g/mol. The van der Waals surface area contributed by atoms with Gasteiger partial charge in [-0.25, -0.2) is 0 Å². The molecule has 0 saturated carbocycles. The van der Waals surface area contributed by atoms with Gasteiger partial charge in [-0.15, -0.1) is 0 Å². The van der Waals surface area contributed by atoms with E-state index in [2.05, 4.69) is 179 Å². The van der Waals surface area contributed by atoms with Crippen molar-refractivity contribution in [3.05, 3.63) is 158 Å². The van der Waals surface area contributed by atoms with Crippen molar-refractivity contribution in [2.24, 2.45) is 0 Å². The van der Waals surface area contributed by atoms with Crippen molar-refractivity contribution in [3.63, 3.8) is 0 Å². The summed E-state index contributed by atoms with van der Waals surface area (Å²) in [6.07, 6.45) is 95.3. The SMILES string of the molecule is CC/C=C\C/C=C\C/C=C\C/C=C\C/C=C\C/C=C\C/C=C\C/C=C\CCCCC(=O)OCC(COC(=O)CCCCCCCCCCCCC)OC(=O)CCCCCCCCC/C=C\C/C=C\C/C=C\C/C=C\C/C=C\CC. The third-order valence-electron chi connectivity index (χ3n) is 13.0. The van der Waals surface area contributed by atoms with Crippen LogP contribution in [0.15, 0.2) is 158 Å². The normalized spacial score (nSPS) is 13.2. The number of unbranched alkanes of at least 4 members (excludes halogenated alkanes) is 19. The van der Waals surface area contributed by atoms with Crippen LogP contribution in [0.5, 0.6) is 0 Å². The minimum atomic E-state index is -0.809. The van der Waals surface area contributed by atoms with E-state index in [1.807, 2.05) is 0 Å². The van der Waals surface area contributed by atoms with Crippen LogP contribution in [0.4, 0.5) is 0 Å². The first-order valence-corrected chi connectivity index (χ1v) is 32.0. The predicted octanol–water partition coefficient (Wildman–Crippen LogP) is 22.1. The molecule has 0 aromatic carbocycles. The Morgan fingerprint density at radius 1 is 0.266 bits per heavy atom. The fraction of sp³-hybridized carbons (Fsp3) is 0.603. The van der Waals surface area contributed by atoms with Gasteiger partial charge in [-0.05, 0) is 128 Å². The van der Waals surface area contributed by atoms with Gasteiger partial charge in [0.1, 0.15) is 13.2 Å². The van der Waals surface area contributed by atoms with Crippen molar-refractivity contribution in [1.82, 2.24) is 0 Å². The van der Waals surface area contributed by atoms with Gasteiger partial charge in [0.05, 0.1) is 0 Å². The lowest BCUT2D eigenvalue weighted by atomic mass is 10.1. The smallest absolute Gasteiger partial charge is 0.306 e. The molecule has 0 aromatic rings. The zero-order chi connectivity index (χ0) is 57.1. The molecule has 0 fully saturated rings. The van der Waals surface area contributed by atoms with E-state index >= 15 is 0 Å². The summed E-state index contributed by atoms with van der Waals surface area (Å²) in [4.78, 5) is 38.3. The summed E-state index contributed by atoms with van der Waals surface area (Å²) in [5.41, 5.74) is 0. The summed E-state index contributed by atoms with van der Waals surface area (Å²) in [6, 6.07) is 0. The van der Waals surface area contributed by atoms with Crippen molar-refractivity contribution >= 4 is 17.9 Å². The highest BCUT2D eigenvalue weighted by Crippen LogP contribution is 2.15. The number of hydrogen-bond donors (Lipinski definition) is 0. The molecule has 0 aliphatic heterocycles. The van der Waals surface area contributed by atoms with E-state index in [4.69, 9.17) is 14.2 Å². The fourth-order valence-corrected chi connectivity index (χ4v) is 8.31. The van der Waals surface area contributed by atoms with Crippen molar-refractivity contribution in [2.45, 2.75) is 271 Å². The molecule has 0 aliphatic rings. The number of carbonyl (C=O) groups excluding carboxylic acids is 3. The van der Waals surface area contributed by atoms with Gasteiger partial charge in [0.15, 0.2) is 6.10 Å². The van der Waals surface area contributed by atoms with Crippen LogP contribution < -0.4 is 0 Å². The van der Waals surface area contributed by atoms with E-state index in [9.17, 15) is 14.4 Å². The number of hydrogen-bond acceptors (Lipinski definition) is 6. The van der Waals surface area contributed by atoms with Gasteiger partial charge >= 0.3 is 17.9 Å². The average Bonchev–Trinajstić information content (AvgIpc) is 3.45. The minimum absolute atomic E-state index is 0.101. The number of allylic oxidation sites excluding steroid dienone is 26. The Morgan fingerprint density at radius 3 is 0.797 bits per heavy atom. The van der Waals surface area contributed by atoms with Crippen LogP contribution >= 0.6 is 0 Å². The summed E-state index contributed by atoms with van der Waals surface area (Å²) in [5.74, 6) is -0.961. The molecule has 6 heteroatoms. The van der Waals surface area contributed by atoms with Crippen molar-refractivity contribution < 1.29 is 28.6 Å². The predicted molar refractivity (Wildman–Crippen MR) is 343 cm³/mol. The van der Waals surface area contributed by atoms with Crippen LogP contribution in [0.3, 0.4) is 0 Å². The van der Waals surface area contributed by atoms with Crippen LogP contribution in [-0.4, -0.2) is 37.2 Å². The van der Waals surface area contributed by atoms with Crippen LogP contribution in [-0.2, 0) is 28.6 Å². The Morgan fingerprint density at radius 2 is 0.494 bits per heavy atom. The number of esters is 3. The first-order valence-electron chi connectivity index (χ1n) is 32.0. The van der Waals surface area contributed by atoms with Gasteiger partial charge in [0.2, 0.25) is 0 Å². The fourth-order valence-electron chi connectivity index (χ4n) is 8.31. The Labute approximate surface area is 486 Å². The lowest BCUT2D eigenvalue weighted by Crippen LogP contribution is -2.30. The second-order valence-corrected chi connectivity index (χ2v) is 20.6. The first-order chi connectivity index (χ1) is 39.0. The molecule has 0 aromatic heterocycles. The molecular formula is C73H116O6. The Bertz CT molecular complexity index is 1780. The third kappa shape index (κ3) is 63.7. The summed E-state index contributed by atoms with van der Waals surface area (Å²) in [5, 5.41) is 0. The minimum Gasteiger partial charge on any atom is -0.462 e. The molecule has 0 rings (SSSR count). The summed E-state index contributed by atoms with van der Waals surface area (Å²) < 4.78 is 16.9. The topological polar surface area (TPSA) is 78.9 Å². The molecule has 0 aliphatic carbocycles. The quantitative estimate of drug-likeness (QED) is 0.0261. The van der Waals surface area contributed by atoms with Gasteiger partial charge < -0.3 is 14.2 Å². The maximum atomic E-state index is 12.9. The first kappa shape index (κ1) is 74.0. The molecule has 6 nitrogen and oxygen atoms in total. The van der Waals surface area contributed by atoms with E-state index in [0.717, 1.165) is 148 Å². The highest BCUT2D eigenvalue weighted by molar-refractivity contribution is 5.71. The van der Waals surface area contributed by atoms with Crippen LogP contribution in [0.25, 0.3) is 0 Å². The lowest BCUT2D eigenvalue weighted by Gasteiger charge is -2.18. The van der Waals surface area contributed by atoms with E-state index in [-0.39, 0.29) is 31.1 Å². The lowest BCUT2D eigenvalue weighted by molar-refractivity contribution is -0.167. The largest absolute Gasteiger partial charge is 0.462 e. The summed E-state index contributed by atoms with van der Waals surface area (Å²) in [6.45, 7) is 6.36. The second-order valence-electron chi connectivity index (χ2n) is 20.6. The van der Waals surface area contributed by atoms with E-state index in [0.29, 0.717) is 25.7 Å².